The Balaban J connectivity index is 2.04. The number of anilines is 1. The van der Waals surface area contributed by atoms with Gasteiger partial charge in [0, 0.05) is 6.42 Å². The first-order valence-corrected chi connectivity index (χ1v) is 8.95. The number of thiophene rings is 1. The third-order valence-corrected chi connectivity index (χ3v) is 4.96. The van der Waals surface area contributed by atoms with Crippen LogP contribution in [0.5, 0.6) is 5.75 Å². The van der Waals surface area contributed by atoms with Crippen molar-refractivity contribution in [3.05, 3.63) is 45.8 Å². The van der Waals surface area contributed by atoms with Crippen molar-refractivity contribution in [1.82, 2.24) is 0 Å². The molecule has 0 saturated carbocycles. The maximum atomic E-state index is 12.2. The summed E-state index contributed by atoms with van der Waals surface area (Å²) < 4.78 is 10.1. The molecule has 1 aromatic heterocycles. The zero-order chi connectivity index (χ0) is 19.1. The lowest BCUT2D eigenvalue weighted by Gasteiger charge is -2.05. The molecule has 0 aliphatic heterocycles. The van der Waals surface area contributed by atoms with Crippen molar-refractivity contribution in [2.45, 2.75) is 26.7 Å². The van der Waals surface area contributed by atoms with E-state index in [0.717, 1.165) is 22.6 Å². The van der Waals surface area contributed by atoms with E-state index in [2.05, 4.69) is 5.32 Å². The molecule has 0 unspecified atom stereocenters. The number of benzene rings is 1. The highest BCUT2D eigenvalue weighted by atomic mass is 32.1. The molecule has 0 radical (unpaired) electrons. The van der Waals surface area contributed by atoms with Crippen LogP contribution >= 0.6 is 11.3 Å². The second-order valence-electron chi connectivity index (χ2n) is 5.49. The molecule has 7 heteroatoms. The molecule has 1 amide bonds. The average Bonchev–Trinajstić information content (AvgIpc) is 2.95. The summed E-state index contributed by atoms with van der Waals surface area (Å²) in [5.74, 6) is 0.0663. The van der Waals surface area contributed by atoms with Gasteiger partial charge in [0.1, 0.15) is 21.7 Å². The highest BCUT2D eigenvalue weighted by Gasteiger charge is 2.22. The third-order valence-electron chi connectivity index (χ3n) is 3.77. The molecule has 0 atom stereocenters. The Hall–Kier alpha value is -2.85. The molecule has 2 rings (SSSR count). The van der Waals surface area contributed by atoms with E-state index < -0.39 is 5.97 Å². The Morgan fingerprint density at radius 1 is 1.27 bits per heavy atom. The van der Waals surface area contributed by atoms with Gasteiger partial charge in [0.2, 0.25) is 5.91 Å². The van der Waals surface area contributed by atoms with Crippen LogP contribution in [0, 0.1) is 18.3 Å². The molecule has 0 aliphatic rings. The molecule has 2 aromatic rings. The highest BCUT2D eigenvalue weighted by molar-refractivity contribution is 7.18. The minimum absolute atomic E-state index is 0.214. The van der Waals surface area contributed by atoms with Crippen molar-refractivity contribution in [3.63, 3.8) is 0 Å². The molecule has 136 valence electrons. The number of methoxy groups -OCH3 is 1. The van der Waals surface area contributed by atoms with Gasteiger partial charge >= 0.3 is 5.97 Å². The van der Waals surface area contributed by atoms with Crippen LogP contribution in [-0.2, 0) is 16.0 Å². The van der Waals surface area contributed by atoms with Gasteiger partial charge in [-0.2, -0.15) is 5.26 Å². The third kappa shape index (κ3) is 4.61. The first-order valence-electron chi connectivity index (χ1n) is 8.13. The minimum Gasteiger partial charge on any atom is -0.497 e. The molecule has 1 N–H and O–H groups in total. The van der Waals surface area contributed by atoms with Crippen LogP contribution in [0.15, 0.2) is 24.3 Å². The quantitative estimate of drug-likeness (QED) is 0.749. The number of rotatable bonds is 7. The normalized spacial score (nSPS) is 10.1. The van der Waals surface area contributed by atoms with Gasteiger partial charge < -0.3 is 14.8 Å². The van der Waals surface area contributed by atoms with E-state index in [-0.39, 0.29) is 18.9 Å². The Bertz CT molecular complexity index is 834. The smallest absolute Gasteiger partial charge is 0.348 e. The molecule has 0 spiro atoms. The molecule has 0 bridgehead atoms. The van der Waals surface area contributed by atoms with Crippen LogP contribution < -0.4 is 10.1 Å². The fourth-order valence-corrected chi connectivity index (χ4v) is 3.43. The molecule has 1 heterocycles. The molecule has 6 nitrogen and oxygen atoms in total. The number of esters is 1. The first-order chi connectivity index (χ1) is 12.5. The monoisotopic (exact) mass is 372 g/mol. The summed E-state index contributed by atoms with van der Waals surface area (Å²) >= 11 is 1.07. The second-order valence-corrected chi connectivity index (χ2v) is 6.51. The van der Waals surface area contributed by atoms with Gasteiger partial charge in [-0.1, -0.05) is 12.1 Å². The standard InChI is InChI=1S/C19H20N2O4S/c1-4-25-19(23)17-12(2)15(11-20)18(26-17)21-16(22)10-7-13-5-8-14(24-3)9-6-13/h5-6,8-9H,4,7,10H2,1-3H3,(H,21,22). The lowest BCUT2D eigenvalue weighted by molar-refractivity contribution is -0.116. The van der Waals surface area contributed by atoms with Crippen molar-refractivity contribution in [2.75, 3.05) is 19.0 Å². The van der Waals surface area contributed by atoms with Crippen LogP contribution in [0.3, 0.4) is 0 Å². The van der Waals surface area contributed by atoms with Gasteiger partial charge in [-0.25, -0.2) is 4.79 Å². The average molecular weight is 372 g/mol. The molecule has 0 saturated heterocycles. The number of carbonyl (C=O) groups is 2. The molecule has 0 aliphatic carbocycles. The number of nitrogens with one attached hydrogen (secondary N) is 1. The maximum absolute atomic E-state index is 12.2. The van der Waals surface area contributed by atoms with E-state index in [9.17, 15) is 14.9 Å². The van der Waals surface area contributed by atoms with Crippen molar-refractivity contribution < 1.29 is 19.1 Å². The Kier molecular flexibility index (Phi) is 6.75. The summed E-state index contributed by atoms with van der Waals surface area (Å²) in [6.45, 7) is 3.64. The molecular formula is C19H20N2O4S. The van der Waals surface area contributed by atoms with E-state index in [1.54, 1.807) is 21.0 Å². The number of nitrogens with zero attached hydrogens (tertiary/aromatic N) is 1. The van der Waals surface area contributed by atoms with E-state index in [0.29, 0.717) is 27.4 Å². The Labute approximate surface area is 156 Å². The van der Waals surface area contributed by atoms with Gasteiger partial charge in [0.25, 0.3) is 0 Å². The predicted molar refractivity (Wildman–Crippen MR) is 99.7 cm³/mol. The molecule has 1 aromatic carbocycles. The second kappa shape index (κ2) is 9.02. The summed E-state index contributed by atoms with van der Waals surface area (Å²) in [5, 5.41) is 12.5. The van der Waals surface area contributed by atoms with Gasteiger partial charge in [0.05, 0.1) is 19.3 Å². The van der Waals surface area contributed by atoms with Crippen LogP contribution in [-0.4, -0.2) is 25.6 Å². The van der Waals surface area contributed by atoms with Gasteiger partial charge in [-0.15, -0.1) is 11.3 Å². The first kappa shape index (κ1) is 19.5. The SMILES string of the molecule is CCOC(=O)c1sc(NC(=O)CCc2ccc(OC)cc2)c(C#N)c1C. The fraction of sp³-hybridized carbons (Fsp3) is 0.316. The molecule has 0 fully saturated rings. The van der Waals surface area contributed by atoms with Gasteiger partial charge in [0.15, 0.2) is 0 Å². The highest BCUT2D eigenvalue weighted by Crippen LogP contribution is 2.33. The van der Waals surface area contributed by atoms with E-state index in [1.165, 1.54) is 0 Å². The number of hydrogen-bond donors (Lipinski definition) is 1. The number of ether oxygens (including phenoxy) is 2. The van der Waals surface area contributed by atoms with Crippen LogP contribution in [0.1, 0.15) is 39.7 Å². The fourth-order valence-electron chi connectivity index (χ4n) is 2.37. The van der Waals surface area contributed by atoms with E-state index >= 15 is 0 Å². The Morgan fingerprint density at radius 2 is 1.96 bits per heavy atom. The topological polar surface area (TPSA) is 88.4 Å². The minimum atomic E-state index is -0.481. The summed E-state index contributed by atoms with van der Waals surface area (Å²) in [7, 11) is 1.60. The summed E-state index contributed by atoms with van der Waals surface area (Å²) in [6.07, 6.45) is 0.829. The zero-order valence-corrected chi connectivity index (χ0v) is 15.7. The molecule has 26 heavy (non-hydrogen) atoms. The van der Waals surface area contributed by atoms with Crippen LogP contribution in [0.2, 0.25) is 0 Å². The van der Waals surface area contributed by atoms with Gasteiger partial charge in [-0.05, 0) is 43.5 Å². The van der Waals surface area contributed by atoms with Crippen molar-refractivity contribution in [1.29, 1.82) is 5.26 Å². The van der Waals surface area contributed by atoms with Crippen LogP contribution in [0.4, 0.5) is 5.00 Å². The molecular weight excluding hydrogens is 352 g/mol. The number of nitriles is 1. The summed E-state index contributed by atoms with van der Waals surface area (Å²) in [5.41, 5.74) is 1.84. The summed E-state index contributed by atoms with van der Waals surface area (Å²) in [6, 6.07) is 9.54. The Morgan fingerprint density at radius 3 is 2.54 bits per heavy atom. The zero-order valence-electron chi connectivity index (χ0n) is 14.9. The number of carbonyl (C=O) groups excluding carboxylic acids is 2. The lowest BCUT2D eigenvalue weighted by Crippen LogP contribution is -2.12. The van der Waals surface area contributed by atoms with Crippen molar-refractivity contribution >= 4 is 28.2 Å². The largest absolute Gasteiger partial charge is 0.497 e. The maximum Gasteiger partial charge on any atom is 0.348 e. The van der Waals surface area contributed by atoms with Crippen molar-refractivity contribution in [3.8, 4) is 11.8 Å². The lowest BCUT2D eigenvalue weighted by atomic mass is 10.1. The van der Waals surface area contributed by atoms with E-state index in [4.69, 9.17) is 9.47 Å². The van der Waals surface area contributed by atoms with Crippen molar-refractivity contribution in [2.24, 2.45) is 0 Å². The number of aryl methyl sites for hydroxylation is 1. The van der Waals surface area contributed by atoms with Crippen LogP contribution in [0.25, 0.3) is 0 Å². The van der Waals surface area contributed by atoms with Gasteiger partial charge in [-0.3, -0.25) is 4.79 Å². The number of amides is 1. The van der Waals surface area contributed by atoms with E-state index in [1.807, 2.05) is 30.3 Å². The number of hydrogen-bond acceptors (Lipinski definition) is 6. The summed E-state index contributed by atoms with van der Waals surface area (Å²) in [4.78, 5) is 24.5. The predicted octanol–water partition coefficient (Wildman–Crippen LogP) is 3.68.